The summed E-state index contributed by atoms with van der Waals surface area (Å²) in [6, 6.07) is 13.2. The van der Waals surface area contributed by atoms with Gasteiger partial charge in [0.1, 0.15) is 0 Å². The number of aromatic nitrogens is 2. The fourth-order valence-electron chi connectivity index (χ4n) is 2.62. The van der Waals surface area contributed by atoms with Crippen LogP contribution in [0.2, 0.25) is 0 Å². The zero-order chi connectivity index (χ0) is 19.4. The molecule has 138 valence electrons. The zero-order valence-corrected chi connectivity index (χ0v) is 17.7. The Labute approximate surface area is 175 Å². The first-order valence-electron chi connectivity index (χ1n) is 8.28. The molecule has 0 saturated heterocycles. The van der Waals surface area contributed by atoms with Gasteiger partial charge in [0.05, 0.1) is 16.7 Å². The Morgan fingerprint density at radius 1 is 1.33 bits per heavy atom. The Hall–Kier alpha value is -2.13. The highest BCUT2D eigenvalue weighted by molar-refractivity contribution is 14.1. The van der Waals surface area contributed by atoms with Gasteiger partial charge in [0, 0.05) is 15.8 Å². The van der Waals surface area contributed by atoms with E-state index in [-0.39, 0.29) is 17.2 Å². The lowest BCUT2D eigenvalue weighted by atomic mass is 10.2. The first-order valence-corrected chi connectivity index (χ1v) is 10.3. The van der Waals surface area contributed by atoms with Gasteiger partial charge in [-0.15, -0.1) is 6.58 Å². The third-order valence-corrected chi connectivity index (χ3v) is 5.47. The van der Waals surface area contributed by atoms with Crippen molar-refractivity contribution >= 4 is 56.9 Å². The van der Waals surface area contributed by atoms with E-state index in [1.165, 1.54) is 11.8 Å². The Morgan fingerprint density at radius 3 is 2.89 bits per heavy atom. The number of rotatable bonds is 6. The van der Waals surface area contributed by atoms with Crippen molar-refractivity contribution in [3.8, 4) is 0 Å². The Bertz CT molecular complexity index is 1080. The summed E-state index contributed by atoms with van der Waals surface area (Å²) in [6.45, 7) is 6.03. The molecule has 1 aromatic heterocycles. The summed E-state index contributed by atoms with van der Waals surface area (Å²) < 4.78 is 2.53. The molecule has 5 nitrogen and oxygen atoms in total. The van der Waals surface area contributed by atoms with Gasteiger partial charge in [-0.2, -0.15) is 0 Å². The minimum atomic E-state index is -0.146. The van der Waals surface area contributed by atoms with Crippen LogP contribution in [0.25, 0.3) is 10.9 Å². The maximum atomic E-state index is 12.8. The van der Waals surface area contributed by atoms with E-state index >= 15 is 0 Å². The van der Waals surface area contributed by atoms with E-state index in [1.807, 2.05) is 49.4 Å². The molecule has 0 aliphatic carbocycles. The number of hydrogen-bond donors (Lipinski definition) is 1. The van der Waals surface area contributed by atoms with Crippen molar-refractivity contribution in [1.82, 2.24) is 9.55 Å². The van der Waals surface area contributed by atoms with Crippen LogP contribution in [-0.2, 0) is 11.3 Å². The van der Waals surface area contributed by atoms with Crippen LogP contribution in [0.5, 0.6) is 0 Å². The molecule has 0 aliphatic heterocycles. The van der Waals surface area contributed by atoms with Gasteiger partial charge in [-0.25, -0.2) is 4.98 Å². The molecule has 0 unspecified atom stereocenters. The van der Waals surface area contributed by atoms with Crippen molar-refractivity contribution in [3.63, 3.8) is 0 Å². The van der Waals surface area contributed by atoms with Crippen molar-refractivity contribution in [1.29, 1.82) is 0 Å². The minimum Gasteiger partial charge on any atom is -0.325 e. The fraction of sp³-hybridized carbons (Fsp3) is 0.150. The molecule has 27 heavy (non-hydrogen) atoms. The van der Waals surface area contributed by atoms with Gasteiger partial charge >= 0.3 is 0 Å². The van der Waals surface area contributed by atoms with Gasteiger partial charge in [-0.3, -0.25) is 14.2 Å². The minimum absolute atomic E-state index is 0.125. The van der Waals surface area contributed by atoms with Crippen molar-refractivity contribution < 1.29 is 4.79 Å². The molecule has 0 saturated carbocycles. The number of amides is 1. The summed E-state index contributed by atoms with van der Waals surface area (Å²) in [6.07, 6.45) is 1.65. The number of allylic oxidation sites excluding steroid dienone is 1. The highest BCUT2D eigenvalue weighted by Gasteiger charge is 2.13. The summed E-state index contributed by atoms with van der Waals surface area (Å²) in [7, 11) is 0. The molecule has 0 aliphatic rings. The van der Waals surface area contributed by atoms with Gasteiger partial charge in [0.25, 0.3) is 5.56 Å². The van der Waals surface area contributed by atoms with Crippen LogP contribution in [0.4, 0.5) is 5.69 Å². The molecule has 0 radical (unpaired) electrons. The molecule has 7 heteroatoms. The van der Waals surface area contributed by atoms with Crippen molar-refractivity contribution in [3.05, 3.63) is 74.6 Å². The quantitative estimate of drug-likeness (QED) is 0.243. The number of anilines is 1. The number of benzene rings is 2. The maximum Gasteiger partial charge on any atom is 0.262 e. The van der Waals surface area contributed by atoms with Gasteiger partial charge in [0.2, 0.25) is 5.91 Å². The molecule has 1 heterocycles. The molecule has 0 atom stereocenters. The molecular formula is C20H18IN3O2S. The predicted molar refractivity (Wildman–Crippen MR) is 119 cm³/mol. The van der Waals surface area contributed by atoms with Crippen LogP contribution in [0.3, 0.4) is 0 Å². The van der Waals surface area contributed by atoms with Gasteiger partial charge in [0.15, 0.2) is 5.16 Å². The molecule has 1 N–H and O–H groups in total. The molecule has 2 aromatic carbocycles. The molecule has 0 spiro atoms. The summed E-state index contributed by atoms with van der Waals surface area (Å²) in [5.41, 5.74) is 2.33. The van der Waals surface area contributed by atoms with Gasteiger partial charge in [-0.1, -0.05) is 30.0 Å². The smallest absolute Gasteiger partial charge is 0.262 e. The summed E-state index contributed by atoms with van der Waals surface area (Å²) in [5.74, 6) is 0.0145. The summed E-state index contributed by atoms with van der Waals surface area (Å²) in [5, 5.41) is 3.94. The van der Waals surface area contributed by atoms with Crippen LogP contribution in [0.1, 0.15) is 5.56 Å². The lowest BCUT2D eigenvalue weighted by molar-refractivity contribution is -0.113. The van der Waals surface area contributed by atoms with E-state index in [9.17, 15) is 9.59 Å². The fourth-order valence-corrected chi connectivity index (χ4v) is 3.92. The average molecular weight is 491 g/mol. The average Bonchev–Trinajstić information content (AvgIpc) is 2.63. The predicted octanol–water partition coefficient (Wildman–Crippen LogP) is 4.23. The highest BCUT2D eigenvalue weighted by atomic mass is 127. The van der Waals surface area contributed by atoms with E-state index < -0.39 is 0 Å². The van der Waals surface area contributed by atoms with Crippen LogP contribution < -0.4 is 10.9 Å². The first-order chi connectivity index (χ1) is 13.0. The summed E-state index contributed by atoms with van der Waals surface area (Å²) >= 11 is 3.41. The Balaban J connectivity index is 1.84. The number of nitrogens with zero attached hydrogens (tertiary/aromatic N) is 2. The number of hydrogen-bond acceptors (Lipinski definition) is 4. The van der Waals surface area contributed by atoms with Crippen LogP contribution in [-0.4, -0.2) is 21.2 Å². The number of aryl methyl sites for hydroxylation is 1. The molecular weight excluding hydrogens is 473 g/mol. The monoisotopic (exact) mass is 491 g/mol. The molecule has 0 bridgehead atoms. The van der Waals surface area contributed by atoms with Gasteiger partial charge in [-0.05, 0) is 65.4 Å². The van der Waals surface area contributed by atoms with E-state index in [4.69, 9.17) is 0 Å². The molecule has 3 rings (SSSR count). The van der Waals surface area contributed by atoms with Crippen molar-refractivity contribution in [2.45, 2.75) is 18.6 Å². The van der Waals surface area contributed by atoms with Crippen LogP contribution >= 0.6 is 34.4 Å². The molecule has 1 amide bonds. The second kappa shape index (κ2) is 8.71. The third-order valence-electron chi connectivity index (χ3n) is 3.83. The first kappa shape index (κ1) is 19.6. The van der Waals surface area contributed by atoms with Crippen molar-refractivity contribution in [2.24, 2.45) is 0 Å². The number of nitrogens with one attached hydrogen (secondary N) is 1. The topological polar surface area (TPSA) is 64.0 Å². The van der Waals surface area contributed by atoms with E-state index in [0.29, 0.717) is 22.6 Å². The SMILES string of the molecule is C=CCn1c(SCC(=O)Nc2cccc(C)c2)nc2ccc(I)cc2c1=O. The second-order valence-corrected chi connectivity index (χ2v) is 8.15. The standard InChI is InChI=1S/C20H18IN3O2S/c1-3-9-24-19(26)16-11-14(21)7-8-17(16)23-20(24)27-12-18(25)22-15-6-4-5-13(2)10-15/h3-8,10-11H,1,9,12H2,2H3,(H,22,25). The lowest BCUT2D eigenvalue weighted by Gasteiger charge is -2.12. The number of halogens is 1. The molecule has 3 aromatic rings. The van der Waals surface area contributed by atoms with Gasteiger partial charge < -0.3 is 5.32 Å². The Morgan fingerprint density at radius 2 is 2.15 bits per heavy atom. The third kappa shape index (κ3) is 4.78. The van der Waals surface area contributed by atoms with Crippen LogP contribution in [0.15, 0.2) is 65.1 Å². The highest BCUT2D eigenvalue weighted by Crippen LogP contribution is 2.20. The van der Waals surface area contributed by atoms with E-state index in [2.05, 4.69) is 39.5 Å². The normalized spacial score (nSPS) is 10.7. The zero-order valence-electron chi connectivity index (χ0n) is 14.7. The summed E-state index contributed by atoms with van der Waals surface area (Å²) in [4.78, 5) is 29.7. The lowest BCUT2D eigenvalue weighted by Crippen LogP contribution is -2.24. The van der Waals surface area contributed by atoms with Crippen LogP contribution in [0, 0.1) is 10.5 Å². The Kier molecular flexibility index (Phi) is 6.33. The van der Waals surface area contributed by atoms with E-state index in [0.717, 1.165) is 14.8 Å². The number of carbonyl (C=O) groups excluding carboxylic acids is 1. The number of fused-ring (bicyclic) bond motifs is 1. The largest absolute Gasteiger partial charge is 0.325 e. The second-order valence-electron chi connectivity index (χ2n) is 5.97. The number of thioether (sulfide) groups is 1. The van der Waals surface area contributed by atoms with Crippen molar-refractivity contribution in [2.75, 3.05) is 11.1 Å². The molecule has 0 fully saturated rings. The maximum absolute atomic E-state index is 12.8. The number of carbonyl (C=O) groups is 1. The van der Waals surface area contributed by atoms with E-state index in [1.54, 1.807) is 10.6 Å².